The van der Waals surface area contributed by atoms with Crippen LogP contribution >= 0.6 is 0 Å². The second-order valence-corrected chi connectivity index (χ2v) is 4.22. The Morgan fingerprint density at radius 1 is 1.30 bits per heavy atom. The van der Waals surface area contributed by atoms with Gasteiger partial charge in [0.1, 0.15) is 18.5 Å². The Bertz CT molecular complexity index is 541. The Hall–Kier alpha value is -2.02. The average Bonchev–Trinajstić information content (AvgIpc) is 2.88. The van der Waals surface area contributed by atoms with Gasteiger partial charge in [-0.3, -0.25) is 4.68 Å². The summed E-state index contributed by atoms with van der Waals surface area (Å²) in [6.07, 6.45) is -2.02. The van der Waals surface area contributed by atoms with Crippen molar-refractivity contribution in [1.29, 1.82) is 0 Å². The molecule has 0 aliphatic carbocycles. The highest BCUT2D eigenvalue weighted by Gasteiger charge is 2.30. The van der Waals surface area contributed by atoms with E-state index in [4.69, 9.17) is 4.74 Å². The molecule has 0 aliphatic rings. The first kappa shape index (κ1) is 14.4. The molecule has 0 aliphatic heterocycles. The van der Waals surface area contributed by atoms with Gasteiger partial charge in [0.15, 0.2) is 0 Å². The smallest absolute Gasteiger partial charge is 0.416 e. The van der Waals surface area contributed by atoms with Gasteiger partial charge in [0.2, 0.25) is 0 Å². The van der Waals surface area contributed by atoms with Gasteiger partial charge in [0, 0.05) is 12.4 Å². The Kier molecular flexibility index (Phi) is 4.29. The highest BCUT2D eigenvalue weighted by atomic mass is 19.4. The molecule has 4 nitrogen and oxygen atoms in total. The van der Waals surface area contributed by atoms with Crippen LogP contribution < -0.4 is 4.74 Å². The lowest BCUT2D eigenvalue weighted by atomic mass is 10.2. The quantitative estimate of drug-likeness (QED) is 0.917. The summed E-state index contributed by atoms with van der Waals surface area (Å²) in [5.74, 6) is 0.0688. The molecule has 0 saturated carbocycles. The molecule has 1 aromatic heterocycles. The summed E-state index contributed by atoms with van der Waals surface area (Å²) in [5.41, 5.74) is -0.781. The number of aliphatic hydroxyl groups excluding tert-OH is 1. The largest absolute Gasteiger partial charge is 0.491 e. The van der Waals surface area contributed by atoms with Crippen LogP contribution in [0, 0.1) is 0 Å². The van der Waals surface area contributed by atoms with Crippen LogP contribution in [0.15, 0.2) is 42.7 Å². The minimum Gasteiger partial charge on any atom is -0.491 e. The monoisotopic (exact) mass is 286 g/mol. The topological polar surface area (TPSA) is 47.3 Å². The lowest BCUT2D eigenvalue weighted by molar-refractivity contribution is -0.137. The first-order valence-corrected chi connectivity index (χ1v) is 5.91. The molecule has 0 fully saturated rings. The number of halogens is 3. The Morgan fingerprint density at radius 3 is 2.75 bits per heavy atom. The molecule has 0 bridgehead atoms. The molecule has 1 atom stereocenters. The Balaban J connectivity index is 1.90. The van der Waals surface area contributed by atoms with Crippen LogP contribution in [-0.2, 0) is 12.7 Å². The standard InChI is InChI=1S/C13H13F3N2O2/c14-13(15,16)10-3-1-4-12(7-10)20-9-11(19)8-18-6-2-5-17-18/h1-7,11,19H,8-9H2/t11-/m1/s1. The number of aliphatic hydroxyl groups is 1. The van der Waals surface area contributed by atoms with Gasteiger partial charge >= 0.3 is 6.18 Å². The number of hydrogen-bond donors (Lipinski definition) is 1. The van der Waals surface area contributed by atoms with Gasteiger partial charge < -0.3 is 9.84 Å². The van der Waals surface area contributed by atoms with Gasteiger partial charge in [-0.05, 0) is 24.3 Å². The number of hydrogen-bond acceptors (Lipinski definition) is 3. The van der Waals surface area contributed by atoms with Gasteiger partial charge in [-0.15, -0.1) is 0 Å². The number of nitrogens with zero attached hydrogens (tertiary/aromatic N) is 2. The van der Waals surface area contributed by atoms with Gasteiger partial charge in [-0.25, -0.2) is 0 Å². The molecule has 2 aromatic rings. The maximum absolute atomic E-state index is 12.5. The summed E-state index contributed by atoms with van der Waals surface area (Å²) in [6.45, 7) is 0.104. The van der Waals surface area contributed by atoms with Crippen molar-refractivity contribution in [1.82, 2.24) is 9.78 Å². The van der Waals surface area contributed by atoms with Crippen LogP contribution in [0.2, 0.25) is 0 Å². The maximum Gasteiger partial charge on any atom is 0.416 e. The number of rotatable bonds is 5. The third kappa shape index (κ3) is 3.99. The van der Waals surface area contributed by atoms with Crippen molar-refractivity contribution in [2.45, 2.75) is 18.8 Å². The minimum absolute atomic E-state index is 0.0688. The lowest BCUT2D eigenvalue weighted by Crippen LogP contribution is -2.23. The zero-order valence-corrected chi connectivity index (χ0v) is 10.4. The van der Waals surface area contributed by atoms with E-state index in [0.29, 0.717) is 0 Å². The predicted molar refractivity (Wildman–Crippen MR) is 65.2 cm³/mol. The van der Waals surface area contributed by atoms with E-state index in [1.807, 2.05) is 0 Å². The first-order valence-electron chi connectivity index (χ1n) is 5.91. The fraction of sp³-hybridized carbons (Fsp3) is 0.308. The highest BCUT2D eigenvalue weighted by Crippen LogP contribution is 2.31. The zero-order chi connectivity index (χ0) is 14.6. The third-order valence-electron chi connectivity index (χ3n) is 2.56. The average molecular weight is 286 g/mol. The van der Waals surface area contributed by atoms with Crippen LogP contribution in [0.25, 0.3) is 0 Å². The van der Waals surface area contributed by atoms with E-state index in [1.165, 1.54) is 16.8 Å². The molecule has 0 saturated heterocycles. The zero-order valence-electron chi connectivity index (χ0n) is 10.4. The third-order valence-corrected chi connectivity index (χ3v) is 2.56. The number of ether oxygens (including phenoxy) is 1. The molecule has 1 heterocycles. The van der Waals surface area contributed by atoms with Gasteiger partial charge in [-0.1, -0.05) is 6.07 Å². The SMILES string of the molecule is O[C@@H](COc1cccc(C(F)(F)F)c1)Cn1cccn1. The molecule has 7 heteroatoms. The molecule has 1 N–H and O–H groups in total. The summed E-state index contributed by atoms with van der Waals surface area (Å²) >= 11 is 0. The molecule has 20 heavy (non-hydrogen) atoms. The fourth-order valence-electron chi connectivity index (χ4n) is 1.63. The van der Waals surface area contributed by atoms with E-state index in [9.17, 15) is 18.3 Å². The van der Waals surface area contributed by atoms with Crippen molar-refractivity contribution in [2.75, 3.05) is 6.61 Å². The molecule has 2 rings (SSSR count). The fourth-order valence-corrected chi connectivity index (χ4v) is 1.63. The maximum atomic E-state index is 12.5. The van der Waals surface area contributed by atoms with Gasteiger partial charge in [0.05, 0.1) is 12.1 Å². The number of alkyl halides is 3. The predicted octanol–water partition coefficient (Wildman–Crippen LogP) is 2.34. The van der Waals surface area contributed by atoms with E-state index in [1.54, 1.807) is 18.5 Å². The Labute approximate surface area is 113 Å². The van der Waals surface area contributed by atoms with Crippen molar-refractivity contribution in [3.05, 3.63) is 48.3 Å². The Morgan fingerprint density at radius 2 is 2.10 bits per heavy atom. The molecule has 0 amide bonds. The van der Waals surface area contributed by atoms with Crippen LogP contribution in [0.3, 0.4) is 0 Å². The van der Waals surface area contributed by atoms with Crippen LogP contribution in [0.1, 0.15) is 5.56 Å². The normalized spacial score (nSPS) is 13.2. The molecule has 0 unspecified atom stereocenters. The van der Waals surface area contributed by atoms with Crippen molar-refractivity contribution in [3.8, 4) is 5.75 Å². The van der Waals surface area contributed by atoms with Crippen LogP contribution in [0.4, 0.5) is 13.2 Å². The van der Waals surface area contributed by atoms with Crippen LogP contribution in [0.5, 0.6) is 5.75 Å². The van der Waals surface area contributed by atoms with E-state index in [0.717, 1.165) is 12.1 Å². The highest BCUT2D eigenvalue weighted by molar-refractivity contribution is 5.30. The van der Waals surface area contributed by atoms with E-state index in [-0.39, 0.29) is 18.9 Å². The number of aromatic nitrogens is 2. The first-order chi connectivity index (χ1) is 9.45. The van der Waals surface area contributed by atoms with Crippen molar-refractivity contribution in [2.24, 2.45) is 0 Å². The molecular formula is C13H13F3N2O2. The molecule has 0 spiro atoms. The summed E-state index contributed by atoms with van der Waals surface area (Å²) in [7, 11) is 0. The second kappa shape index (κ2) is 5.96. The molecule has 0 radical (unpaired) electrons. The van der Waals surface area contributed by atoms with Crippen LogP contribution in [-0.4, -0.2) is 27.6 Å². The van der Waals surface area contributed by atoms with Crippen molar-refractivity contribution >= 4 is 0 Å². The lowest BCUT2D eigenvalue weighted by Gasteiger charge is -2.13. The minimum atomic E-state index is -4.41. The summed E-state index contributed by atoms with van der Waals surface area (Å²) in [5, 5.41) is 13.6. The molecule has 1 aromatic carbocycles. The molecule has 108 valence electrons. The summed E-state index contributed by atoms with van der Waals surface area (Å²) in [6, 6.07) is 6.25. The van der Waals surface area contributed by atoms with E-state index >= 15 is 0 Å². The van der Waals surface area contributed by atoms with Crippen molar-refractivity contribution < 1.29 is 23.0 Å². The summed E-state index contributed by atoms with van der Waals surface area (Å²) in [4.78, 5) is 0. The molecular weight excluding hydrogens is 273 g/mol. The van der Waals surface area contributed by atoms with E-state index in [2.05, 4.69) is 5.10 Å². The number of benzene rings is 1. The summed E-state index contributed by atoms with van der Waals surface area (Å²) < 4.78 is 44.2. The van der Waals surface area contributed by atoms with E-state index < -0.39 is 17.8 Å². The second-order valence-electron chi connectivity index (χ2n) is 4.22. The van der Waals surface area contributed by atoms with Gasteiger partial charge in [0.25, 0.3) is 0 Å². The van der Waals surface area contributed by atoms with Crippen molar-refractivity contribution in [3.63, 3.8) is 0 Å². The van der Waals surface area contributed by atoms with Gasteiger partial charge in [-0.2, -0.15) is 18.3 Å².